The number of hydrogen-bond acceptors (Lipinski definition) is 3. The van der Waals surface area contributed by atoms with Gasteiger partial charge < -0.3 is 10.3 Å². The van der Waals surface area contributed by atoms with Gasteiger partial charge in [-0.2, -0.15) is 0 Å². The predicted octanol–water partition coefficient (Wildman–Crippen LogP) is 0.0586. The highest BCUT2D eigenvalue weighted by molar-refractivity contribution is 7.10. The maximum Gasteiger partial charge on any atom is 0.307 e. The SMILES string of the molecule is NCCCC(=O)OP. The second kappa shape index (κ2) is 5.01. The molecule has 0 heterocycles. The molecule has 0 aliphatic rings. The predicted molar refractivity (Wildman–Crippen MR) is 34.1 cm³/mol. The van der Waals surface area contributed by atoms with Crippen LogP contribution in [-0.4, -0.2) is 12.5 Å². The average Bonchev–Trinajstić information content (AvgIpc) is 1.83. The average molecular weight is 135 g/mol. The first kappa shape index (κ1) is 7.86. The van der Waals surface area contributed by atoms with Crippen molar-refractivity contribution in [3.05, 3.63) is 0 Å². The Kier molecular flexibility index (Phi) is 4.92. The maximum atomic E-state index is 10.3. The molecule has 48 valence electrons. The van der Waals surface area contributed by atoms with E-state index in [0.29, 0.717) is 19.4 Å². The van der Waals surface area contributed by atoms with Crippen LogP contribution in [0.2, 0.25) is 0 Å². The van der Waals surface area contributed by atoms with E-state index < -0.39 is 0 Å². The lowest BCUT2D eigenvalue weighted by Crippen LogP contribution is -2.03. The van der Waals surface area contributed by atoms with Crippen molar-refractivity contribution in [1.82, 2.24) is 0 Å². The molecule has 2 N–H and O–H groups in total. The van der Waals surface area contributed by atoms with E-state index in [2.05, 4.69) is 4.52 Å². The van der Waals surface area contributed by atoms with Gasteiger partial charge in [0.05, 0.1) is 9.47 Å². The zero-order valence-corrected chi connectivity index (χ0v) is 5.75. The number of carbonyl (C=O) groups excluding carboxylic acids is 1. The van der Waals surface area contributed by atoms with Gasteiger partial charge in [0.2, 0.25) is 0 Å². The monoisotopic (exact) mass is 135 g/mol. The number of hydrogen-bond donors (Lipinski definition) is 1. The van der Waals surface area contributed by atoms with Gasteiger partial charge >= 0.3 is 5.97 Å². The molecule has 0 saturated carbocycles. The van der Waals surface area contributed by atoms with Gasteiger partial charge in [-0.15, -0.1) is 0 Å². The minimum absolute atomic E-state index is 0.222. The molecule has 4 heteroatoms. The lowest BCUT2D eigenvalue weighted by atomic mass is 10.3. The second-order valence-electron chi connectivity index (χ2n) is 1.38. The molecule has 0 aromatic heterocycles. The fourth-order valence-corrected chi connectivity index (χ4v) is 0.423. The zero-order valence-electron chi connectivity index (χ0n) is 4.59. The molecule has 0 amide bonds. The fraction of sp³-hybridized carbons (Fsp3) is 0.750. The Bertz CT molecular complexity index is 76.4. The Balaban J connectivity index is 2.99. The van der Waals surface area contributed by atoms with E-state index in [1.165, 1.54) is 0 Å². The molecule has 0 spiro atoms. The van der Waals surface area contributed by atoms with Crippen molar-refractivity contribution in [2.75, 3.05) is 6.54 Å². The third-order valence-corrected chi connectivity index (χ3v) is 0.979. The Morgan fingerprint density at radius 1 is 1.75 bits per heavy atom. The molecule has 1 atom stereocenters. The summed E-state index contributed by atoms with van der Waals surface area (Å²) in [7, 11) is 1.90. The van der Waals surface area contributed by atoms with Crippen molar-refractivity contribution in [2.24, 2.45) is 5.73 Å². The van der Waals surface area contributed by atoms with E-state index in [4.69, 9.17) is 5.73 Å². The molecule has 0 aromatic carbocycles. The molecular formula is C4H10NO2P. The standard InChI is InChI=1S/C4H10NO2P/c5-3-1-2-4(6)7-8/h1-3,5,8H2. The van der Waals surface area contributed by atoms with Gasteiger partial charge in [-0.25, -0.2) is 0 Å². The van der Waals surface area contributed by atoms with E-state index in [0.717, 1.165) is 0 Å². The highest BCUT2D eigenvalue weighted by Crippen LogP contribution is 1.93. The molecule has 0 aliphatic carbocycles. The van der Waals surface area contributed by atoms with Crippen LogP contribution in [0.25, 0.3) is 0 Å². The van der Waals surface area contributed by atoms with Gasteiger partial charge in [-0.1, -0.05) is 0 Å². The molecule has 0 radical (unpaired) electrons. The molecule has 0 saturated heterocycles. The lowest BCUT2D eigenvalue weighted by molar-refractivity contribution is -0.133. The van der Waals surface area contributed by atoms with E-state index in [1.807, 2.05) is 9.47 Å². The van der Waals surface area contributed by atoms with Gasteiger partial charge in [0, 0.05) is 6.42 Å². The fourth-order valence-electron chi connectivity index (χ4n) is 0.305. The molecule has 0 bridgehead atoms. The Labute approximate surface area is 50.9 Å². The lowest BCUT2D eigenvalue weighted by Gasteiger charge is -1.93. The van der Waals surface area contributed by atoms with E-state index in [1.54, 1.807) is 0 Å². The molecule has 8 heavy (non-hydrogen) atoms. The molecule has 1 unspecified atom stereocenters. The van der Waals surface area contributed by atoms with Crippen LogP contribution in [0.5, 0.6) is 0 Å². The minimum atomic E-state index is -0.222. The van der Waals surface area contributed by atoms with Crippen molar-refractivity contribution in [2.45, 2.75) is 12.8 Å². The topological polar surface area (TPSA) is 52.3 Å². The van der Waals surface area contributed by atoms with Crippen LogP contribution in [0.15, 0.2) is 0 Å². The summed E-state index contributed by atoms with van der Waals surface area (Å²) < 4.78 is 4.27. The Morgan fingerprint density at radius 2 is 2.38 bits per heavy atom. The molecule has 0 aromatic rings. The first-order valence-electron chi connectivity index (χ1n) is 2.41. The van der Waals surface area contributed by atoms with Crippen LogP contribution in [0, 0.1) is 0 Å². The summed E-state index contributed by atoms with van der Waals surface area (Å²) in [6, 6.07) is 0. The summed E-state index contributed by atoms with van der Waals surface area (Å²) in [5, 5.41) is 0. The smallest absolute Gasteiger partial charge is 0.307 e. The Morgan fingerprint density at radius 3 is 2.75 bits per heavy atom. The van der Waals surface area contributed by atoms with Crippen molar-refractivity contribution >= 4 is 15.4 Å². The summed E-state index contributed by atoms with van der Waals surface area (Å²) in [6.07, 6.45) is 1.12. The Hall–Kier alpha value is -0.140. The van der Waals surface area contributed by atoms with Crippen LogP contribution in [0.4, 0.5) is 0 Å². The number of rotatable bonds is 3. The summed E-state index contributed by atoms with van der Waals surface area (Å²) >= 11 is 0. The zero-order chi connectivity index (χ0) is 6.41. The summed E-state index contributed by atoms with van der Waals surface area (Å²) in [6.45, 7) is 0.541. The highest BCUT2D eigenvalue weighted by atomic mass is 31.0. The van der Waals surface area contributed by atoms with E-state index >= 15 is 0 Å². The van der Waals surface area contributed by atoms with Gasteiger partial charge in [-0.3, -0.25) is 4.79 Å². The van der Waals surface area contributed by atoms with Gasteiger partial charge in [0.25, 0.3) is 0 Å². The molecule has 3 nitrogen and oxygen atoms in total. The molecule has 0 fully saturated rings. The van der Waals surface area contributed by atoms with Crippen LogP contribution in [0.3, 0.4) is 0 Å². The van der Waals surface area contributed by atoms with Crippen LogP contribution < -0.4 is 5.73 Å². The largest absolute Gasteiger partial charge is 0.452 e. The van der Waals surface area contributed by atoms with Gasteiger partial charge in [0.15, 0.2) is 0 Å². The van der Waals surface area contributed by atoms with Crippen LogP contribution in [0.1, 0.15) is 12.8 Å². The number of carbonyl (C=O) groups is 1. The molecule has 0 rings (SSSR count). The van der Waals surface area contributed by atoms with E-state index in [9.17, 15) is 4.79 Å². The first-order chi connectivity index (χ1) is 3.81. The van der Waals surface area contributed by atoms with Crippen LogP contribution in [-0.2, 0) is 9.32 Å². The summed E-state index contributed by atoms with van der Waals surface area (Å²) in [4.78, 5) is 10.3. The van der Waals surface area contributed by atoms with Crippen molar-refractivity contribution in [1.29, 1.82) is 0 Å². The van der Waals surface area contributed by atoms with Crippen molar-refractivity contribution < 1.29 is 9.32 Å². The van der Waals surface area contributed by atoms with Gasteiger partial charge in [0.1, 0.15) is 0 Å². The molecule has 0 aliphatic heterocycles. The highest BCUT2D eigenvalue weighted by Gasteiger charge is 1.95. The quantitative estimate of drug-likeness (QED) is 0.556. The summed E-state index contributed by atoms with van der Waals surface area (Å²) in [5.74, 6) is -0.222. The normalized spacial score (nSPS) is 8.75. The third-order valence-electron chi connectivity index (χ3n) is 0.716. The maximum absolute atomic E-state index is 10.3. The number of nitrogens with two attached hydrogens (primary N) is 1. The molecular weight excluding hydrogens is 125 g/mol. The van der Waals surface area contributed by atoms with Crippen molar-refractivity contribution in [3.63, 3.8) is 0 Å². The third kappa shape index (κ3) is 4.03. The van der Waals surface area contributed by atoms with Crippen LogP contribution >= 0.6 is 9.47 Å². The second-order valence-corrected chi connectivity index (χ2v) is 1.62. The summed E-state index contributed by atoms with van der Waals surface area (Å²) in [5.41, 5.74) is 5.12. The van der Waals surface area contributed by atoms with E-state index in [-0.39, 0.29) is 5.97 Å². The minimum Gasteiger partial charge on any atom is -0.452 e. The first-order valence-corrected chi connectivity index (χ1v) is 2.88. The van der Waals surface area contributed by atoms with Gasteiger partial charge in [-0.05, 0) is 13.0 Å². The van der Waals surface area contributed by atoms with Crippen molar-refractivity contribution in [3.8, 4) is 0 Å².